The van der Waals surface area contributed by atoms with E-state index in [2.05, 4.69) is 4.98 Å². The molecule has 0 bridgehead atoms. The van der Waals surface area contributed by atoms with Gasteiger partial charge >= 0.3 is 0 Å². The first-order chi connectivity index (χ1) is 17.0. The number of aromatic nitrogens is 1. The van der Waals surface area contributed by atoms with Crippen LogP contribution in [0.4, 0.5) is 11.5 Å². The van der Waals surface area contributed by atoms with Crippen molar-refractivity contribution in [2.75, 3.05) is 38.2 Å². The van der Waals surface area contributed by atoms with Gasteiger partial charge in [-0.3, -0.25) is 14.5 Å². The predicted molar refractivity (Wildman–Crippen MR) is 133 cm³/mol. The number of nitrogens with zero attached hydrogens (tertiary/aromatic N) is 3. The number of anilines is 2. The van der Waals surface area contributed by atoms with Crippen molar-refractivity contribution in [3.63, 3.8) is 0 Å². The fourth-order valence-corrected chi connectivity index (χ4v) is 4.53. The highest BCUT2D eigenvalue weighted by Gasteiger charge is 2.44. The van der Waals surface area contributed by atoms with Crippen molar-refractivity contribution in [2.24, 2.45) is 5.92 Å². The van der Waals surface area contributed by atoms with Gasteiger partial charge in [-0.25, -0.2) is 0 Å². The van der Waals surface area contributed by atoms with E-state index in [1.54, 1.807) is 56.5 Å². The third kappa shape index (κ3) is 4.77. The quantitative estimate of drug-likeness (QED) is 0.508. The molecule has 35 heavy (non-hydrogen) atoms. The first-order valence-electron chi connectivity index (χ1n) is 11.4. The first-order valence-corrected chi connectivity index (χ1v) is 11.4. The van der Waals surface area contributed by atoms with Gasteiger partial charge in [-0.15, -0.1) is 0 Å². The second kappa shape index (κ2) is 10.5. The Kier molecular flexibility index (Phi) is 7.19. The molecule has 1 aliphatic heterocycles. The molecule has 3 aromatic rings. The Morgan fingerprint density at radius 2 is 1.69 bits per heavy atom. The van der Waals surface area contributed by atoms with Gasteiger partial charge in [-0.05, 0) is 42.8 Å². The molecule has 0 radical (unpaired) electrons. The lowest BCUT2D eigenvalue weighted by Gasteiger charge is -2.42. The average Bonchev–Trinajstić information content (AvgIpc) is 2.92. The summed E-state index contributed by atoms with van der Waals surface area (Å²) < 4.78 is 16.2. The molecule has 8 heteroatoms. The summed E-state index contributed by atoms with van der Waals surface area (Å²) in [5.74, 6) is 1.46. The maximum Gasteiger partial charge on any atom is 0.233 e. The van der Waals surface area contributed by atoms with Crippen LogP contribution in [-0.4, -0.2) is 45.2 Å². The van der Waals surface area contributed by atoms with Gasteiger partial charge in [-0.2, -0.15) is 4.98 Å². The van der Waals surface area contributed by atoms with E-state index in [9.17, 15) is 9.59 Å². The third-order valence-electron chi connectivity index (χ3n) is 6.31. The van der Waals surface area contributed by atoms with E-state index in [4.69, 9.17) is 14.2 Å². The van der Waals surface area contributed by atoms with Gasteiger partial charge in [0, 0.05) is 30.8 Å². The molecule has 182 valence electrons. The number of ether oxygens (including phenoxy) is 3. The molecule has 4 rings (SSSR count). The number of rotatable bonds is 7. The molecule has 0 saturated carbocycles. The molecule has 1 aliphatic rings. The van der Waals surface area contributed by atoms with Crippen LogP contribution in [0.2, 0.25) is 0 Å². The third-order valence-corrected chi connectivity index (χ3v) is 6.31. The highest BCUT2D eigenvalue weighted by Crippen LogP contribution is 2.44. The zero-order valence-electron chi connectivity index (χ0n) is 20.3. The number of para-hydroxylation sites is 1. The Balaban J connectivity index is 1.79. The van der Waals surface area contributed by atoms with Gasteiger partial charge in [-0.1, -0.05) is 24.3 Å². The Morgan fingerprint density at radius 3 is 2.37 bits per heavy atom. The van der Waals surface area contributed by atoms with Crippen LogP contribution in [0, 0.1) is 5.92 Å². The Morgan fingerprint density at radius 1 is 0.943 bits per heavy atom. The summed E-state index contributed by atoms with van der Waals surface area (Å²) >= 11 is 0. The van der Waals surface area contributed by atoms with Crippen LogP contribution in [-0.2, 0) is 9.59 Å². The molecule has 1 fully saturated rings. The van der Waals surface area contributed by atoms with Gasteiger partial charge in [0.2, 0.25) is 17.7 Å². The van der Waals surface area contributed by atoms with Gasteiger partial charge in [0.05, 0.1) is 33.3 Å². The summed E-state index contributed by atoms with van der Waals surface area (Å²) in [6.07, 6.45) is 0.648. The van der Waals surface area contributed by atoms with E-state index in [1.165, 1.54) is 12.0 Å². The average molecular weight is 476 g/mol. The van der Waals surface area contributed by atoms with Gasteiger partial charge in [0.1, 0.15) is 17.3 Å². The van der Waals surface area contributed by atoms with E-state index in [0.29, 0.717) is 35.3 Å². The van der Waals surface area contributed by atoms with Crippen LogP contribution in [0.1, 0.15) is 24.4 Å². The first kappa shape index (κ1) is 24.1. The molecule has 1 saturated heterocycles. The standard InChI is InChI=1S/C27H29N3O5/c1-29(23-10-7-11-24(28-23)35-4)27(32)21-16-17-25(31)30(18-12-14-19(33-2)15-13-18)26(21)20-8-5-6-9-22(20)34-3/h5-15,21,26H,16-17H2,1-4H3/t21-,26-/m0/s1. The summed E-state index contributed by atoms with van der Waals surface area (Å²) in [7, 11) is 6.41. The molecular formula is C27H29N3O5. The van der Waals surface area contributed by atoms with Crippen molar-refractivity contribution in [3.05, 3.63) is 72.3 Å². The van der Waals surface area contributed by atoms with E-state index >= 15 is 0 Å². The zero-order chi connectivity index (χ0) is 24.9. The largest absolute Gasteiger partial charge is 0.497 e. The van der Waals surface area contributed by atoms with Crippen LogP contribution >= 0.6 is 0 Å². The lowest BCUT2D eigenvalue weighted by molar-refractivity contribution is -0.127. The predicted octanol–water partition coefficient (Wildman–Crippen LogP) is 4.25. The van der Waals surface area contributed by atoms with Gasteiger partial charge in [0.25, 0.3) is 0 Å². The second-order valence-corrected chi connectivity index (χ2v) is 8.23. The molecule has 0 aliphatic carbocycles. The molecule has 1 aromatic heterocycles. The summed E-state index contributed by atoms with van der Waals surface area (Å²) in [4.78, 5) is 34.9. The Bertz CT molecular complexity index is 1200. The summed E-state index contributed by atoms with van der Waals surface area (Å²) in [5, 5.41) is 0. The molecule has 2 atom stereocenters. The van der Waals surface area contributed by atoms with E-state index in [-0.39, 0.29) is 18.2 Å². The molecule has 0 N–H and O–H groups in total. The number of benzene rings is 2. The molecule has 8 nitrogen and oxygen atoms in total. The van der Waals surface area contributed by atoms with E-state index < -0.39 is 12.0 Å². The zero-order valence-corrected chi connectivity index (χ0v) is 20.3. The van der Waals surface area contributed by atoms with E-state index in [0.717, 1.165) is 5.56 Å². The molecule has 2 aromatic carbocycles. The Labute approximate surface area is 205 Å². The lowest BCUT2D eigenvalue weighted by atomic mass is 9.82. The lowest BCUT2D eigenvalue weighted by Crippen LogP contribution is -2.49. The molecule has 2 amide bonds. The maximum atomic E-state index is 13.9. The fraction of sp³-hybridized carbons (Fsp3) is 0.296. The van der Waals surface area contributed by atoms with Gasteiger partial charge < -0.3 is 19.1 Å². The van der Waals surface area contributed by atoms with Crippen molar-refractivity contribution < 1.29 is 23.8 Å². The van der Waals surface area contributed by atoms with Crippen molar-refractivity contribution in [3.8, 4) is 17.4 Å². The number of piperidine rings is 1. The number of hydrogen-bond donors (Lipinski definition) is 0. The van der Waals surface area contributed by atoms with Crippen molar-refractivity contribution in [1.29, 1.82) is 0 Å². The fourth-order valence-electron chi connectivity index (χ4n) is 4.53. The highest BCUT2D eigenvalue weighted by molar-refractivity contribution is 6.01. The van der Waals surface area contributed by atoms with Crippen LogP contribution < -0.4 is 24.0 Å². The summed E-state index contributed by atoms with van der Waals surface area (Å²) in [5.41, 5.74) is 1.45. The van der Waals surface area contributed by atoms with E-state index in [1.807, 2.05) is 36.4 Å². The van der Waals surface area contributed by atoms with Crippen LogP contribution in [0.5, 0.6) is 17.4 Å². The maximum absolute atomic E-state index is 13.9. The van der Waals surface area contributed by atoms with Crippen molar-refractivity contribution in [1.82, 2.24) is 4.98 Å². The van der Waals surface area contributed by atoms with Crippen molar-refractivity contribution in [2.45, 2.75) is 18.9 Å². The molecule has 0 unspecified atom stereocenters. The van der Waals surface area contributed by atoms with Crippen LogP contribution in [0.3, 0.4) is 0 Å². The second-order valence-electron chi connectivity index (χ2n) is 8.23. The van der Waals surface area contributed by atoms with Crippen LogP contribution in [0.15, 0.2) is 66.7 Å². The van der Waals surface area contributed by atoms with Crippen molar-refractivity contribution >= 4 is 23.3 Å². The normalized spacial score (nSPS) is 17.6. The highest BCUT2D eigenvalue weighted by atomic mass is 16.5. The van der Waals surface area contributed by atoms with Gasteiger partial charge in [0.15, 0.2) is 0 Å². The molecule has 2 heterocycles. The number of methoxy groups -OCH3 is 3. The SMILES string of the molecule is COc1ccc(N2C(=O)CC[C@H](C(=O)N(C)c3cccc(OC)n3)[C@@H]2c2ccccc2OC)cc1. The number of amides is 2. The van der Waals surface area contributed by atoms with Crippen LogP contribution in [0.25, 0.3) is 0 Å². The molecule has 0 spiro atoms. The number of carbonyl (C=O) groups excluding carboxylic acids is 2. The topological polar surface area (TPSA) is 81.2 Å². The Hall–Kier alpha value is -4.07. The minimum Gasteiger partial charge on any atom is -0.497 e. The molecular weight excluding hydrogens is 446 g/mol. The summed E-state index contributed by atoms with van der Waals surface area (Å²) in [6.45, 7) is 0. The minimum atomic E-state index is -0.568. The summed E-state index contributed by atoms with van der Waals surface area (Å²) in [6, 6.07) is 19.5. The smallest absolute Gasteiger partial charge is 0.233 e. The number of carbonyl (C=O) groups is 2. The number of hydrogen-bond acceptors (Lipinski definition) is 6. The minimum absolute atomic E-state index is 0.0581. The number of pyridine rings is 1. The monoisotopic (exact) mass is 475 g/mol.